The van der Waals surface area contributed by atoms with Crippen LogP contribution in [0.25, 0.3) is 10.9 Å². The lowest BCUT2D eigenvalue weighted by molar-refractivity contribution is -0.113. The van der Waals surface area contributed by atoms with E-state index in [0.29, 0.717) is 30.2 Å². The number of amides is 2. The number of hydrogen-bond acceptors (Lipinski definition) is 4. The zero-order valence-corrected chi connectivity index (χ0v) is 21.9. The molecule has 1 heterocycles. The minimum atomic E-state index is -0.170. The van der Waals surface area contributed by atoms with Crippen LogP contribution in [0.1, 0.15) is 27.0 Å². The number of nitrogens with zero attached hydrogens (tertiary/aromatic N) is 1. The number of thioether (sulfide) groups is 1. The molecule has 0 aliphatic heterocycles. The number of aryl methyl sites for hydroxylation is 3. The first kappa shape index (κ1) is 25.4. The SMILES string of the molecule is COc1ccccc1C(=O)NCCn1cc(SCC(=O)Nc2c(C)cc(C)cc2C)c2ccccc21. The Hall–Kier alpha value is -3.71. The fourth-order valence-electron chi connectivity index (χ4n) is 4.43. The summed E-state index contributed by atoms with van der Waals surface area (Å²) in [5.41, 5.74) is 5.79. The molecule has 6 nitrogen and oxygen atoms in total. The monoisotopic (exact) mass is 501 g/mol. The van der Waals surface area contributed by atoms with E-state index in [0.717, 1.165) is 32.6 Å². The largest absolute Gasteiger partial charge is 0.496 e. The number of benzene rings is 3. The minimum Gasteiger partial charge on any atom is -0.496 e. The van der Waals surface area contributed by atoms with Gasteiger partial charge in [-0.3, -0.25) is 9.59 Å². The smallest absolute Gasteiger partial charge is 0.255 e. The highest BCUT2D eigenvalue weighted by Crippen LogP contribution is 2.30. The van der Waals surface area contributed by atoms with E-state index in [2.05, 4.69) is 52.6 Å². The zero-order chi connectivity index (χ0) is 25.7. The van der Waals surface area contributed by atoms with Crippen LogP contribution in [0.3, 0.4) is 0 Å². The molecule has 3 aromatic carbocycles. The maximum atomic E-state index is 12.8. The van der Waals surface area contributed by atoms with E-state index in [-0.39, 0.29) is 11.8 Å². The molecule has 0 fully saturated rings. The van der Waals surface area contributed by atoms with E-state index in [1.165, 1.54) is 17.3 Å². The molecule has 0 saturated heterocycles. The molecule has 4 aromatic rings. The van der Waals surface area contributed by atoms with E-state index >= 15 is 0 Å². The summed E-state index contributed by atoms with van der Waals surface area (Å²) in [5.74, 6) is 0.660. The van der Waals surface area contributed by atoms with Crippen molar-refractivity contribution in [1.29, 1.82) is 0 Å². The summed E-state index contributed by atoms with van der Waals surface area (Å²) in [5, 5.41) is 7.15. The first-order valence-electron chi connectivity index (χ1n) is 11.9. The van der Waals surface area contributed by atoms with Gasteiger partial charge in [0.2, 0.25) is 5.91 Å². The van der Waals surface area contributed by atoms with Gasteiger partial charge in [-0.1, -0.05) is 48.0 Å². The Balaban J connectivity index is 1.41. The number of anilines is 1. The van der Waals surface area contributed by atoms with Gasteiger partial charge in [0.15, 0.2) is 0 Å². The van der Waals surface area contributed by atoms with Crippen molar-refractivity contribution in [1.82, 2.24) is 9.88 Å². The molecule has 1 aromatic heterocycles. The summed E-state index contributed by atoms with van der Waals surface area (Å²) in [7, 11) is 1.56. The predicted octanol–water partition coefficient (Wildman–Crippen LogP) is 5.74. The van der Waals surface area contributed by atoms with E-state index in [4.69, 9.17) is 4.74 Å². The number of hydrogen-bond donors (Lipinski definition) is 2. The highest BCUT2D eigenvalue weighted by Gasteiger charge is 2.14. The number of nitrogens with one attached hydrogen (secondary N) is 2. The van der Waals surface area contributed by atoms with Crippen LogP contribution < -0.4 is 15.4 Å². The zero-order valence-electron chi connectivity index (χ0n) is 21.1. The van der Waals surface area contributed by atoms with Gasteiger partial charge in [-0.2, -0.15) is 0 Å². The van der Waals surface area contributed by atoms with Crippen molar-refractivity contribution in [2.24, 2.45) is 0 Å². The van der Waals surface area contributed by atoms with Crippen LogP contribution in [0.4, 0.5) is 5.69 Å². The van der Waals surface area contributed by atoms with Crippen molar-refractivity contribution < 1.29 is 14.3 Å². The lowest BCUT2D eigenvalue weighted by atomic mass is 10.1. The molecular weight excluding hydrogens is 470 g/mol. The average molecular weight is 502 g/mol. The van der Waals surface area contributed by atoms with Crippen LogP contribution in [-0.4, -0.2) is 35.8 Å². The molecule has 2 amide bonds. The van der Waals surface area contributed by atoms with Gasteiger partial charge < -0.3 is 19.9 Å². The summed E-state index contributed by atoms with van der Waals surface area (Å²) >= 11 is 1.52. The molecule has 0 aliphatic rings. The van der Waals surface area contributed by atoms with Crippen LogP contribution in [0.15, 0.2) is 71.8 Å². The number of ether oxygens (including phenoxy) is 1. The van der Waals surface area contributed by atoms with E-state index < -0.39 is 0 Å². The lowest BCUT2D eigenvalue weighted by Crippen LogP contribution is -2.27. The van der Waals surface area contributed by atoms with Crippen LogP contribution in [-0.2, 0) is 11.3 Å². The Bertz CT molecular complexity index is 1390. The molecule has 0 radical (unpaired) electrons. The number of fused-ring (bicyclic) bond motifs is 1. The highest BCUT2D eigenvalue weighted by molar-refractivity contribution is 8.00. The maximum Gasteiger partial charge on any atom is 0.255 e. The Labute approximate surface area is 216 Å². The minimum absolute atomic E-state index is 0.0315. The van der Waals surface area contributed by atoms with Gasteiger partial charge in [-0.15, -0.1) is 11.8 Å². The van der Waals surface area contributed by atoms with E-state index in [9.17, 15) is 9.59 Å². The summed E-state index contributed by atoms with van der Waals surface area (Å²) in [6, 6.07) is 19.5. The third kappa shape index (κ3) is 5.74. The van der Waals surface area contributed by atoms with Crippen molar-refractivity contribution in [2.45, 2.75) is 32.2 Å². The van der Waals surface area contributed by atoms with Crippen molar-refractivity contribution in [3.05, 3.63) is 89.1 Å². The van der Waals surface area contributed by atoms with Crippen molar-refractivity contribution in [3.8, 4) is 5.75 Å². The summed E-state index contributed by atoms with van der Waals surface area (Å²) < 4.78 is 7.41. The van der Waals surface area contributed by atoms with Crippen LogP contribution in [0.2, 0.25) is 0 Å². The number of rotatable bonds is 9. The molecule has 0 aliphatic carbocycles. The Morgan fingerprint density at radius 1 is 0.972 bits per heavy atom. The molecule has 4 rings (SSSR count). The molecule has 0 unspecified atom stereocenters. The molecule has 2 N–H and O–H groups in total. The van der Waals surface area contributed by atoms with Gasteiger partial charge in [0.25, 0.3) is 5.91 Å². The molecule has 36 heavy (non-hydrogen) atoms. The molecular formula is C29H31N3O3S. The highest BCUT2D eigenvalue weighted by atomic mass is 32.2. The molecule has 7 heteroatoms. The first-order valence-corrected chi connectivity index (χ1v) is 12.9. The number of carbonyl (C=O) groups is 2. The summed E-state index contributed by atoms with van der Waals surface area (Å²) in [6.07, 6.45) is 2.06. The summed E-state index contributed by atoms with van der Waals surface area (Å²) in [4.78, 5) is 26.4. The van der Waals surface area contributed by atoms with Crippen molar-refractivity contribution in [2.75, 3.05) is 24.7 Å². The maximum absolute atomic E-state index is 12.8. The molecule has 0 spiro atoms. The van der Waals surface area contributed by atoms with Crippen molar-refractivity contribution >= 4 is 40.2 Å². The van der Waals surface area contributed by atoms with Gasteiger partial charge >= 0.3 is 0 Å². The fourth-order valence-corrected chi connectivity index (χ4v) is 5.32. The molecule has 186 valence electrons. The predicted molar refractivity (Wildman–Crippen MR) is 147 cm³/mol. The fraction of sp³-hybridized carbons (Fsp3) is 0.241. The van der Waals surface area contributed by atoms with E-state index in [1.54, 1.807) is 19.2 Å². The number of methoxy groups -OCH3 is 1. The van der Waals surface area contributed by atoms with Gasteiger partial charge in [0.05, 0.1) is 18.4 Å². The Morgan fingerprint density at radius 3 is 2.42 bits per heavy atom. The van der Waals surface area contributed by atoms with E-state index in [1.807, 2.05) is 38.1 Å². The van der Waals surface area contributed by atoms with Crippen molar-refractivity contribution in [3.63, 3.8) is 0 Å². The van der Waals surface area contributed by atoms with Gasteiger partial charge in [-0.05, 0) is 50.1 Å². The van der Waals surface area contributed by atoms with Crippen LogP contribution in [0, 0.1) is 20.8 Å². The normalized spacial score (nSPS) is 10.9. The quantitative estimate of drug-likeness (QED) is 0.287. The second kappa shape index (κ2) is 11.4. The van der Waals surface area contributed by atoms with Gasteiger partial charge in [0, 0.05) is 40.8 Å². The van der Waals surface area contributed by atoms with Crippen LogP contribution >= 0.6 is 11.8 Å². The first-order chi connectivity index (χ1) is 17.4. The molecule has 0 saturated carbocycles. The Morgan fingerprint density at radius 2 is 1.67 bits per heavy atom. The standard InChI is InChI=1S/C29H31N3O3S/c1-19-15-20(2)28(21(3)16-19)31-27(33)18-36-26-17-32(24-11-7-5-9-22(24)26)14-13-30-29(34)23-10-6-8-12-25(23)35-4/h5-12,15-17H,13-14,18H2,1-4H3,(H,30,34)(H,31,33). The second-order valence-electron chi connectivity index (χ2n) is 8.77. The number of para-hydroxylation sites is 2. The van der Waals surface area contributed by atoms with Crippen LogP contribution in [0.5, 0.6) is 5.75 Å². The second-order valence-corrected chi connectivity index (χ2v) is 9.79. The Kier molecular flexibility index (Phi) is 8.00. The third-order valence-electron chi connectivity index (χ3n) is 6.04. The number of aromatic nitrogens is 1. The summed E-state index contributed by atoms with van der Waals surface area (Å²) in [6.45, 7) is 7.16. The van der Waals surface area contributed by atoms with Gasteiger partial charge in [-0.25, -0.2) is 0 Å². The topological polar surface area (TPSA) is 72.4 Å². The molecule has 0 atom stereocenters. The average Bonchev–Trinajstić information content (AvgIpc) is 3.22. The third-order valence-corrected chi connectivity index (χ3v) is 7.08. The molecule has 0 bridgehead atoms. The lowest BCUT2D eigenvalue weighted by Gasteiger charge is -2.12. The van der Waals surface area contributed by atoms with Gasteiger partial charge in [0.1, 0.15) is 5.75 Å². The number of carbonyl (C=O) groups excluding carboxylic acids is 2.